The van der Waals surface area contributed by atoms with Gasteiger partial charge in [-0.1, -0.05) is 19.9 Å². The molecule has 4 heteroatoms. The number of methoxy groups -OCH3 is 1. The maximum Gasteiger partial charge on any atom is 0.131 e. The summed E-state index contributed by atoms with van der Waals surface area (Å²) >= 11 is 0. The molecule has 0 heterocycles. The van der Waals surface area contributed by atoms with Crippen LogP contribution in [0.25, 0.3) is 0 Å². The SMILES string of the molecule is CCC(CC)N(CCN)Cc1ccc(OC)cc1F. The monoisotopic (exact) mass is 268 g/mol. The molecule has 0 saturated heterocycles. The molecule has 0 aliphatic heterocycles. The number of hydrogen-bond acceptors (Lipinski definition) is 3. The van der Waals surface area contributed by atoms with E-state index in [0.29, 0.717) is 30.4 Å². The van der Waals surface area contributed by atoms with Crippen molar-refractivity contribution in [3.8, 4) is 5.75 Å². The first-order chi connectivity index (χ1) is 9.15. The Bertz CT molecular complexity index is 380. The Kier molecular flexibility index (Phi) is 6.81. The molecule has 0 unspecified atom stereocenters. The second-order valence-electron chi connectivity index (χ2n) is 4.69. The number of hydrogen-bond donors (Lipinski definition) is 1. The minimum atomic E-state index is -0.215. The molecule has 0 atom stereocenters. The summed E-state index contributed by atoms with van der Waals surface area (Å²) in [4.78, 5) is 2.25. The number of benzene rings is 1. The molecule has 1 rings (SSSR count). The molecule has 0 radical (unpaired) electrons. The van der Waals surface area contributed by atoms with E-state index in [9.17, 15) is 4.39 Å². The van der Waals surface area contributed by atoms with Gasteiger partial charge in [0.05, 0.1) is 7.11 Å². The first-order valence-corrected chi connectivity index (χ1v) is 6.92. The van der Waals surface area contributed by atoms with Crippen LogP contribution < -0.4 is 10.5 Å². The van der Waals surface area contributed by atoms with E-state index >= 15 is 0 Å². The molecule has 1 aromatic carbocycles. The number of rotatable bonds is 8. The van der Waals surface area contributed by atoms with Crippen LogP contribution in [-0.4, -0.2) is 31.1 Å². The van der Waals surface area contributed by atoms with Gasteiger partial charge in [0.25, 0.3) is 0 Å². The molecule has 0 amide bonds. The highest BCUT2D eigenvalue weighted by atomic mass is 19.1. The summed E-state index contributed by atoms with van der Waals surface area (Å²) in [7, 11) is 1.54. The second kappa shape index (κ2) is 8.12. The van der Waals surface area contributed by atoms with Crippen LogP contribution in [0.4, 0.5) is 4.39 Å². The average Bonchev–Trinajstić information content (AvgIpc) is 2.42. The Hall–Kier alpha value is -1.13. The normalized spacial score (nSPS) is 11.3. The van der Waals surface area contributed by atoms with Crippen LogP contribution in [0, 0.1) is 5.82 Å². The largest absolute Gasteiger partial charge is 0.497 e. The van der Waals surface area contributed by atoms with E-state index < -0.39 is 0 Å². The van der Waals surface area contributed by atoms with Gasteiger partial charge in [-0.2, -0.15) is 0 Å². The predicted molar refractivity (Wildman–Crippen MR) is 76.8 cm³/mol. The topological polar surface area (TPSA) is 38.5 Å². The summed E-state index contributed by atoms with van der Waals surface area (Å²) in [6.07, 6.45) is 2.10. The molecule has 1 aromatic rings. The lowest BCUT2D eigenvalue weighted by molar-refractivity contribution is 0.180. The van der Waals surface area contributed by atoms with Crippen molar-refractivity contribution in [3.63, 3.8) is 0 Å². The molecular weight excluding hydrogens is 243 g/mol. The Labute approximate surface area is 115 Å². The van der Waals surface area contributed by atoms with Crippen molar-refractivity contribution in [2.24, 2.45) is 5.73 Å². The van der Waals surface area contributed by atoms with Gasteiger partial charge in [-0.3, -0.25) is 4.90 Å². The van der Waals surface area contributed by atoms with Crippen LogP contribution in [0.3, 0.4) is 0 Å². The quantitative estimate of drug-likeness (QED) is 0.788. The van der Waals surface area contributed by atoms with E-state index in [0.717, 1.165) is 19.4 Å². The van der Waals surface area contributed by atoms with Gasteiger partial charge in [0.1, 0.15) is 11.6 Å². The van der Waals surface area contributed by atoms with Crippen LogP contribution in [0.15, 0.2) is 18.2 Å². The lowest BCUT2D eigenvalue weighted by Crippen LogP contribution is -2.37. The van der Waals surface area contributed by atoms with E-state index in [4.69, 9.17) is 10.5 Å². The third-order valence-corrected chi connectivity index (χ3v) is 3.51. The fourth-order valence-corrected chi connectivity index (χ4v) is 2.36. The molecule has 19 heavy (non-hydrogen) atoms. The summed E-state index contributed by atoms with van der Waals surface area (Å²) < 4.78 is 19.0. The third-order valence-electron chi connectivity index (χ3n) is 3.51. The van der Waals surface area contributed by atoms with Crippen LogP contribution in [0.5, 0.6) is 5.75 Å². The second-order valence-corrected chi connectivity index (χ2v) is 4.69. The standard InChI is InChI=1S/C15H25FN2O/c1-4-13(5-2)18(9-8-17)11-12-6-7-14(19-3)10-15(12)16/h6-7,10,13H,4-5,8-9,11,17H2,1-3H3. The molecule has 0 aliphatic carbocycles. The Morgan fingerprint density at radius 1 is 1.32 bits per heavy atom. The Morgan fingerprint density at radius 2 is 2.00 bits per heavy atom. The molecule has 0 fully saturated rings. The summed E-state index contributed by atoms with van der Waals surface area (Å²) in [6, 6.07) is 5.47. The third kappa shape index (κ3) is 4.48. The van der Waals surface area contributed by atoms with Crippen molar-refractivity contribution in [1.29, 1.82) is 0 Å². The zero-order valence-electron chi connectivity index (χ0n) is 12.2. The molecule has 3 nitrogen and oxygen atoms in total. The van der Waals surface area contributed by atoms with E-state index in [-0.39, 0.29) is 5.82 Å². The lowest BCUT2D eigenvalue weighted by Gasteiger charge is -2.30. The van der Waals surface area contributed by atoms with E-state index in [1.54, 1.807) is 19.2 Å². The minimum Gasteiger partial charge on any atom is -0.497 e. The van der Waals surface area contributed by atoms with Gasteiger partial charge in [-0.15, -0.1) is 0 Å². The first-order valence-electron chi connectivity index (χ1n) is 6.92. The zero-order chi connectivity index (χ0) is 14.3. The van der Waals surface area contributed by atoms with Gasteiger partial charge in [-0.25, -0.2) is 4.39 Å². The van der Waals surface area contributed by atoms with Crippen LogP contribution >= 0.6 is 0 Å². The maximum atomic E-state index is 14.0. The zero-order valence-corrected chi connectivity index (χ0v) is 12.2. The number of halogens is 1. The molecule has 0 spiro atoms. The molecule has 0 aliphatic rings. The average molecular weight is 268 g/mol. The Balaban J connectivity index is 2.83. The molecule has 2 N–H and O–H groups in total. The minimum absolute atomic E-state index is 0.215. The van der Waals surface area contributed by atoms with Gasteiger partial charge in [0.15, 0.2) is 0 Å². The first kappa shape index (κ1) is 15.9. The van der Waals surface area contributed by atoms with Crippen molar-refractivity contribution >= 4 is 0 Å². The van der Waals surface area contributed by atoms with Crippen molar-refractivity contribution in [3.05, 3.63) is 29.6 Å². The van der Waals surface area contributed by atoms with Crippen molar-refractivity contribution in [2.45, 2.75) is 39.3 Å². The molecule has 0 bridgehead atoms. The van der Waals surface area contributed by atoms with E-state index in [2.05, 4.69) is 18.7 Å². The lowest BCUT2D eigenvalue weighted by atomic mass is 10.1. The number of nitrogens with zero attached hydrogens (tertiary/aromatic N) is 1. The highest BCUT2D eigenvalue weighted by molar-refractivity contribution is 5.28. The van der Waals surface area contributed by atoms with Gasteiger partial charge >= 0.3 is 0 Å². The summed E-state index contributed by atoms with van der Waals surface area (Å²) in [5.74, 6) is 0.335. The number of ether oxygens (including phenoxy) is 1. The van der Waals surface area contributed by atoms with Gasteiger partial charge in [-0.05, 0) is 18.9 Å². The van der Waals surface area contributed by atoms with Crippen LogP contribution in [0.1, 0.15) is 32.3 Å². The molecule has 0 aromatic heterocycles. The van der Waals surface area contributed by atoms with Gasteiger partial charge < -0.3 is 10.5 Å². The summed E-state index contributed by atoms with van der Waals surface area (Å²) in [5, 5.41) is 0. The maximum absolute atomic E-state index is 14.0. The van der Waals surface area contributed by atoms with Gasteiger partial charge in [0, 0.05) is 37.3 Å². The van der Waals surface area contributed by atoms with Crippen molar-refractivity contribution in [1.82, 2.24) is 4.90 Å². The highest BCUT2D eigenvalue weighted by Crippen LogP contribution is 2.19. The molecule has 0 saturated carbocycles. The van der Waals surface area contributed by atoms with Crippen molar-refractivity contribution < 1.29 is 9.13 Å². The van der Waals surface area contributed by atoms with Crippen LogP contribution in [-0.2, 0) is 6.54 Å². The van der Waals surface area contributed by atoms with E-state index in [1.807, 2.05) is 0 Å². The fourth-order valence-electron chi connectivity index (χ4n) is 2.36. The van der Waals surface area contributed by atoms with E-state index in [1.165, 1.54) is 6.07 Å². The summed E-state index contributed by atoms with van der Waals surface area (Å²) in [5.41, 5.74) is 6.35. The fraction of sp³-hybridized carbons (Fsp3) is 0.600. The van der Waals surface area contributed by atoms with Gasteiger partial charge in [0.2, 0.25) is 0 Å². The molecule has 108 valence electrons. The molecular formula is C15H25FN2O. The predicted octanol–water partition coefficient (Wildman–Crippen LogP) is 2.78. The number of nitrogens with two attached hydrogens (primary N) is 1. The van der Waals surface area contributed by atoms with Crippen LogP contribution in [0.2, 0.25) is 0 Å². The van der Waals surface area contributed by atoms with Crippen molar-refractivity contribution in [2.75, 3.05) is 20.2 Å². The smallest absolute Gasteiger partial charge is 0.131 e. The summed E-state index contributed by atoms with van der Waals surface area (Å²) in [6.45, 7) is 6.29. The highest BCUT2D eigenvalue weighted by Gasteiger charge is 2.16. The Morgan fingerprint density at radius 3 is 2.47 bits per heavy atom.